The molecule has 0 saturated carbocycles. The third kappa shape index (κ3) is 7.49. The Labute approximate surface area is 211 Å². The fourth-order valence-electron chi connectivity index (χ4n) is 4.00. The van der Waals surface area contributed by atoms with E-state index in [4.69, 9.17) is 27.9 Å². The number of anilines is 2. The topological polar surface area (TPSA) is 70.7 Å². The van der Waals surface area contributed by atoms with Gasteiger partial charge in [-0.05, 0) is 62.2 Å². The predicted molar refractivity (Wildman–Crippen MR) is 139 cm³/mol. The van der Waals surface area contributed by atoms with Gasteiger partial charge in [0.2, 0.25) is 11.8 Å². The summed E-state index contributed by atoms with van der Waals surface area (Å²) in [5, 5.41) is 6.57. The standard InChI is InChI=1S/C26H31Cl2N3O3/c1-3-7-21(19-8-10-22(27)23(28)16-19)26(33)30-20-9-11-24(29-18(2)32)25(17-20)34-15-14-31-12-5-4-6-13-31/h3,8-11,16-17,21H,1,4-7,12-15H2,2H3,(H,29,32)(H,30,33). The van der Waals surface area contributed by atoms with Crippen LogP contribution in [0.3, 0.4) is 0 Å². The number of carbonyl (C=O) groups is 2. The lowest BCUT2D eigenvalue weighted by molar-refractivity contribution is -0.117. The van der Waals surface area contributed by atoms with Gasteiger partial charge in [0.15, 0.2) is 0 Å². The summed E-state index contributed by atoms with van der Waals surface area (Å²) in [6.07, 6.45) is 5.84. The fourth-order valence-corrected chi connectivity index (χ4v) is 4.31. The zero-order chi connectivity index (χ0) is 24.5. The first-order valence-electron chi connectivity index (χ1n) is 11.5. The monoisotopic (exact) mass is 503 g/mol. The van der Waals surface area contributed by atoms with Gasteiger partial charge >= 0.3 is 0 Å². The summed E-state index contributed by atoms with van der Waals surface area (Å²) < 4.78 is 6.03. The molecule has 1 atom stereocenters. The average molecular weight is 504 g/mol. The first-order chi connectivity index (χ1) is 16.4. The first kappa shape index (κ1) is 26.1. The summed E-state index contributed by atoms with van der Waals surface area (Å²) in [5.74, 6) is -0.362. The van der Waals surface area contributed by atoms with E-state index in [0.29, 0.717) is 40.2 Å². The lowest BCUT2D eigenvalue weighted by Gasteiger charge is -2.26. The van der Waals surface area contributed by atoms with Crippen LogP contribution >= 0.6 is 23.2 Å². The molecule has 0 bridgehead atoms. The number of rotatable bonds is 10. The number of hydrogen-bond donors (Lipinski definition) is 2. The Bertz CT molecular complexity index is 1020. The molecule has 1 fully saturated rings. The Morgan fingerprint density at radius 1 is 1.09 bits per heavy atom. The van der Waals surface area contributed by atoms with Crippen LogP contribution in [0.4, 0.5) is 11.4 Å². The third-order valence-corrected chi connectivity index (χ3v) is 6.48. The highest BCUT2D eigenvalue weighted by Gasteiger charge is 2.21. The second kappa shape index (κ2) is 12.8. The van der Waals surface area contributed by atoms with Gasteiger partial charge in [0, 0.05) is 25.2 Å². The molecule has 2 N–H and O–H groups in total. The molecule has 182 valence electrons. The van der Waals surface area contributed by atoms with Crippen LogP contribution < -0.4 is 15.4 Å². The van der Waals surface area contributed by atoms with E-state index >= 15 is 0 Å². The van der Waals surface area contributed by atoms with Gasteiger partial charge in [0.25, 0.3) is 0 Å². The summed E-state index contributed by atoms with van der Waals surface area (Å²) in [6.45, 7) is 8.69. The highest BCUT2D eigenvalue weighted by Crippen LogP contribution is 2.32. The van der Waals surface area contributed by atoms with Crippen molar-refractivity contribution in [2.45, 2.75) is 38.5 Å². The molecule has 1 aliphatic rings. The molecule has 1 saturated heterocycles. The number of hydrogen-bond acceptors (Lipinski definition) is 4. The fraction of sp³-hybridized carbons (Fsp3) is 0.385. The second-order valence-corrected chi connectivity index (χ2v) is 9.20. The Hall–Kier alpha value is -2.54. The van der Waals surface area contributed by atoms with Crippen LogP contribution in [0.1, 0.15) is 44.1 Å². The molecule has 2 amide bonds. The normalized spacial score (nSPS) is 14.8. The molecular formula is C26H31Cl2N3O3. The number of ether oxygens (including phenoxy) is 1. The number of benzene rings is 2. The summed E-state index contributed by atoms with van der Waals surface area (Å²) in [6, 6.07) is 10.4. The van der Waals surface area contributed by atoms with Crippen LogP contribution in [0.25, 0.3) is 0 Å². The van der Waals surface area contributed by atoms with Gasteiger partial charge in [0.1, 0.15) is 12.4 Å². The molecule has 0 radical (unpaired) electrons. The van der Waals surface area contributed by atoms with Crippen molar-refractivity contribution < 1.29 is 14.3 Å². The first-order valence-corrected chi connectivity index (χ1v) is 12.3. The molecule has 2 aromatic carbocycles. The summed E-state index contributed by atoms with van der Waals surface area (Å²) in [5.41, 5.74) is 1.89. The minimum absolute atomic E-state index is 0.191. The number of allylic oxidation sites excluding steroid dienone is 1. The molecule has 0 aliphatic carbocycles. The molecule has 34 heavy (non-hydrogen) atoms. The van der Waals surface area contributed by atoms with E-state index < -0.39 is 5.92 Å². The van der Waals surface area contributed by atoms with Crippen molar-refractivity contribution in [2.75, 3.05) is 36.9 Å². The molecule has 0 aromatic heterocycles. The van der Waals surface area contributed by atoms with E-state index in [-0.39, 0.29) is 11.8 Å². The summed E-state index contributed by atoms with van der Waals surface area (Å²) >= 11 is 12.2. The van der Waals surface area contributed by atoms with Crippen molar-refractivity contribution in [3.63, 3.8) is 0 Å². The van der Waals surface area contributed by atoms with Crippen LogP contribution in [-0.4, -0.2) is 43.0 Å². The largest absolute Gasteiger partial charge is 0.490 e. The van der Waals surface area contributed by atoms with Crippen LogP contribution in [0.2, 0.25) is 10.0 Å². The van der Waals surface area contributed by atoms with Crippen molar-refractivity contribution in [1.29, 1.82) is 0 Å². The molecule has 1 heterocycles. The predicted octanol–water partition coefficient (Wildman–Crippen LogP) is 6.11. The maximum atomic E-state index is 13.1. The van der Waals surface area contributed by atoms with Gasteiger partial charge in [-0.1, -0.05) is 41.8 Å². The molecule has 1 unspecified atom stereocenters. The highest BCUT2D eigenvalue weighted by molar-refractivity contribution is 6.42. The van der Waals surface area contributed by atoms with Gasteiger partial charge in [-0.2, -0.15) is 0 Å². The Kier molecular flexibility index (Phi) is 9.81. The SMILES string of the molecule is C=CCC(C(=O)Nc1ccc(NC(C)=O)c(OCCN2CCCCC2)c1)c1ccc(Cl)c(Cl)c1. The van der Waals surface area contributed by atoms with Crippen molar-refractivity contribution in [2.24, 2.45) is 0 Å². The van der Waals surface area contributed by atoms with Crippen LogP contribution in [-0.2, 0) is 9.59 Å². The number of amides is 2. The van der Waals surface area contributed by atoms with Gasteiger partial charge in [-0.25, -0.2) is 0 Å². The molecule has 6 nitrogen and oxygen atoms in total. The Morgan fingerprint density at radius 2 is 1.85 bits per heavy atom. The Morgan fingerprint density at radius 3 is 2.53 bits per heavy atom. The molecule has 1 aliphatic heterocycles. The van der Waals surface area contributed by atoms with Crippen LogP contribution in [0.5, 0.6) is 5.75 Å². The van der Waals surface area contributed by atoms with Crippen molar-refractivity contribution in [1.82, 2.24) is 4.90 Å². The quantitative estimate of drug-likeness (QED) is 0.383. The van der Waals surface area contributed by atoms with E-state index in [0.717, 1.165) is 25.2 Å². The molecule has 3 rings (SSSR count). The van der Waals surface area contributed by atoms with E-state index in [1.165, 1.54) is 26.2 Å². The van der Waals surface area contributed by atoms with Gasteiger partial charge in [0.05, 0.1) is 21.7 Å². The Balaban J connectivity index is 1.74. The maximum Gasteiger partial charge on any atom is 0.232 e. The minimum atomic E-state index is -0.481. The van der Waals surface area contributed by atoms with Crippen molar-refractivity contribution >= 4 is 46.4 Å². The van der Waals surface area contributed by atoms with Gasteiger partial charge in [-0.3, -0.25) is 14.5 Å². The number of nitrogens with zero attached hydrogens (tertiary/aromatic N) is 1. The number of halogens is 2. The number of piperidine rings is 1. The number of likely N-dealkylation sites (tertiary alicyclic amines) is 1. The van der Waals surface area contributed by atoms with E-state index in [9.17, 15) is 9.59 Å². The van der Waals surface area contributed by atoms with E-state index in [1.54, 1.807) is 42.5 Å². The number of carbonyl (C=O) groups excluding carboxylic acids is 2. The molecule has 0 spiro atoms. The van der Waals surface area contributed by atoms with Gasteiger partial charge < -0.3 is 15.4 Å². The van der Waals surface area contributed by atoms with Crippen LogP contribution in [0, 0.1) is 0 Å². The zero-order valence-corrected chi connectivity index (χ0v) is 20.9. The summed E-state index contributed by atoms with van der Waals surface area (Å²) in [4.78, 5) is 27.2. The maximum absolute atomic E-state index is 13.1. The van der Waals surface area contributed by atoms with E-state index in [2.05, 4.69) is 22.1 Å². The highest BCUT2D eigenvalue weighted by atomic mass is 35.5. The number of nitrogens with one attached hydrogen (secondary N) is 2. The van der Waals surface area contributed by atoms with E-state index in [1.807, 2.05) is 0 Å². The van der Waals surface area contributed by atoms with Crippen LogP contribution in [0.15, 0.2) is 49.1 Å². The lowest BCUT2D eigenvalue weighted by Crippen LogP contribution is -2.33. The zero-order valence-electron chi connectivity index (χ0n) is 19.4. The molecular weight excluding hydrogens is 473 g/mol. The average Bonchev–Trinajstić information content (AvgIpc) is 2.81. The second-order valence-electron chi connectivity index (χ2n) is 8.38. The van der Waals surface area contributed by atoms with Crippen molar-refractivity contribution in [3.05, 3.63) is 64.7 Å². The summed E-state index contributed by atoms with van der Waals surface area (Å²) in [7, 11) is 0. The third-order valence-electron chi connectivity index (χ3n) is 5.74. The smallest absolute Gasteiger partial charge is 0.232 e. The van der Waals surface area contributed by atoms with Crippen molar-refractivity contribution in [3.8, 4) is 5.75 Å². The molecule has 2 aromatic rings. The minimum Gasteiger partial charge on any atom is -0.490 e. The van der Waals surface area contributed by atoms with Gasteiger partial charge in [-0.15, -0.1) is 6.58 Å². The molecule has 8 heteroatoms. The lowest BCUT2D eigenvalue weighted by atomic mass is 9.94.